The monoisotopic (exact) mass is 198 g/mol. The molecule has 0 radical (unpaired) electrons. The summed E-state index contributed by atoms with van der Waals surface area (Å²) >= 11 is 0. The van der Waals surface area contributed by atoms with E-state index in [9.17, 15) is 0 Å². The summed E-state index contributed by atoms with van der Waals surface area (Å²) in [6.07, 6.45) is 5.86. The molecule has 2 heterocycles. The van der Waals surface area contributed by atoms with E-state index in [4.69, 9.17) is 4.74 Å². The van der Waals surface area contributed by atoms with E-state index in [0.717, 1.165) is 26.2 Å². The molecule has 1 atom stereocenters. The van der Waals surface area contributed by atoms with Crippen LogP contribution in [0.5, 0.6) is 0 Å². The fourth-order valence-corrected chi connectivity index (χ4v) is 2.30. The van der Waals surface area contributed by atoms with Crippen molar-refractivity contribution < 1.29 is 4.74 Å². The molecular formula is C11H22N2O. The maximum atomic E-state index is 5.80. The fraction of sp³-hybridized carbons (Fsp3) is 1.00. The van der Waals surface area contributed by atoms with Crippen LogP contribution in [-0.4, -0.2) is 50.3 Å². The molecule has 0 spiro atoms. The van der Waals surface area contributed by atoms with E-state index >= 15 is 0 Å². The molecular weight excluding hydrogens is 176 g/mol. The highest BCUT2D eigenvalue weighted by Gasteiger charge is 2.15. The van der Waals surface area contributed by atoms with E-state index in [2.05, 4.69) is 10.2 Å². The highest BCUT2D eigenvalue weighted by molar-refractivity contribution is 4.71. The second-order valence-electron chi connectivity index (χ2n) is 4.39. The molecule has 82 valence electrons. The van der Waals surface area contributed by atoms with Crippen molar-refractivity contribution in [2.24, 2.45) is 0 Å². The molecule has 0 aromatic heterocycles. The zero-order chi connectivity index (χ0) is 9.64. The quantitative estimate of drug-likeness (QED) is 0.725. The number of nitrogens with one attached hydrogen (secondary N) is 1. The molecule has 14 heavy (non-hydrogen) atoms. The van der Waals surface area contributed by atoms with Crippen molar-refractivity contribution in [1.29, 1.82) is 0 Å². The van der Waals surface area contributed by atoms with Gasteiger partial charge >= 0.3 is 0 Å². The molecule has 2 rings (SSSR count). The zero-order valence-corrected chi connectivity index (χ0v) is 9.00. The van der Waals surface area contributed by atoms with Crippen LogP contribution in [0.1, 0.15) is 25.7 Å². The van der Waals surface area contributed by atoms with Crippen LogP contribution in [0.2, 0.25) is 0 Å². The van der Waals surface area contributed by atoms with Crippen LogP contribution >= 0.6 is 0 Å². The number of ether oxygens (including phenoxy) is 1. The van der Waals surface area contributed by atoms with E-state index in [1.165, 1.54) is 38.8 Å². The van der Waals surface area contributed by atoms with Gasteiger partial charge in [-0.1, -0.05) is 6.42 Å². The van der Waals surface area contributed by atoms with Crippen molar-refractivity contribution in [3.05, 3.63) is 0 Å². The largest absolute Gasteiger partial charge is 0.376 e. The first-order valence-electron chi connectivity index (χ1n) is 6.00. The Morgan fingerprint density at radius 2 is 2.07 bits per heavy atom. The number of nitrogens with zero attached hydrogens (tertiary/aromatic N) is 1. The highest BCUT2D eigenvalue weighted by atomic mass is 16.5. The van der Waals surface area contributed by atoms with Crippen LogP contribution in [0, 0.1) is 0 Å². The van der Waals surface area contributed by atoms with Gasteiger partial charge in [0.15, 0.2) is 0 Å². The third-order valence-corrected chi connectivity index (χ3v) is 3.22. The first-order chi connectivity index (χ1) is 6.95. The predicted molar refractivity (Wildman–Crippen MR) is 57.5 cm³/mol. The zero-order valence-electron chi connectivity index (χ0n) is 9.00. The van der Waals surface area contributed by atoms with Crippen molar-refractivity contribution in [3.8, 4) is 0 Å². The first-order valence-corrected chi connectivity index (χ1v) is 6.00. The van der Waals surface area contributed by atoms with Gasteiger partial charge in [-0.25, -0.2) is 0 Å². The Kier molecular flexibility index (Phi) is 4.22. The predicted octanol–water partition coefficient (Wildman–Crippen LogP) is 0.851. The lowest BCUT2D eigenvalue weighted by Crippen LogP contribution is -2.33. The van der Waals surface area contributed by atoms with Crippen LogP contribution in [0.15, 0.2) is 0 Å². The standard InChI is InChI=1S/C11H22N2O/c1-2-6-13(7-3-1)8-9-14-11-4-5-12-10-11/h11-12H,1-10H2/t11-/m1/s1. The van der Waals surface area contributed by atoms with Gasteiger partial charge in [0, 0.05) is 13.1 Å². The summed E-state index contributed by atoms with van der Waals surface area (Å²) < 4.78 is 5.80. The van der Waals surface area contributed by atoms with Gasteiger partial charge in [-0.2, -0.15) is 0 Å². The van der Waals surface area contributed by atoms with Crippen LogP contribution in [0.3, 0.4) is 0 Å². The van der Waals surface area contributed by atoms with E-state index < -0.39 is 0 Å². The summed E-state index contributed by atoms with van der Waals surface area (Å²) in [4.78, 5) is 2.53. The van der Waals surface area contributed by atoms with Crippen molar-refractivity contribution >= 4 is 0 Å². The van der Waals surface area contributed by atoms with Crippen molar-refractivity contribution in [3.63, 3.8) is 0 Å². The van der Waals surface area contributed by atoms with Crippen molar-refractivity contribution in [1.82, 2.24) is 10.2 Å². The van der Waals surface area contributed by atoms with Crippen LogP contribution < -0.4 is 5.32 Å². The van der Waals surface area contributed by atoms with Gasteiger partial charge in [0.05, 0.1) is 12.7 Å². The Hall–Kier alpha value is -0.120. The molecule has 2 saturated heterocycles. The first kappa shape index (κ1) is 10.4. The normalized spacial score (nSPS) is 29.6. The van der Waals surface area contributed by atoms with E-state index in [1.807, 2.05) is 0 Å². The summed E-state index contributed by atoms with van der Waals surface area (Å²) in [5, 5.41) is 3.32. The molecule has 0 amide bonds. The Labute approximate surface area is 86.8 Å². The van der Waals surface area contributed by atoms with Crippen LogP contribution in [0.25, 0.3) is 0 Å². The third kappa shape index (κ3) is 3.23. The Balaban J connectivity index is 1.52. The molecule has 0 aromatic rings. The second kappa shape index (κ2) is 5.69. The minimum Gasteiger partial charge on any atom is -0.376 e. The number of likely N-dealkylation sites (tertiary alicyclic amines) is 1. The fourth-order valence-electron chi connectivity index (χ4n) is 2.30. The minimum atomic E-state index is 0.486. The van der Waals surface area contributed by atoms with Crippen molar-refractivity contribution in [2.45, 2.75) is 31.8 Å². The molecule has 3 heteroatoms. The number of rotatable bonds is 4. The molecule has 3 nitrogen and oxygen atoms in total. The van der Waals surface area contributed by atoms with E-state index in [1.54, 1.807) is 0 Å². The Bertz CT molecular complexity index is 151. The Morgan fingerprint density at radius 1 is 1.21 bits per heavy atom. The maximum absolute atomic E-state index is 5.80. The summed E-state index contributed by atoms with van der Waals surface area (Å²) in [6, 6.07) is 0. The summed E-state index contributed by atoms with van der Waals surface area (Å²) in [5.74, 6) is 0. The molecule has 0 aliphatic carbocycles. The lowest BCUT2D eigenvalue weighted by atomic mass is 10.1. The van der Waals surface area contributed by atoms with Crippen LogP contribution in [0.4, 0.5) is 0 Å². The molecule has 2 aliphatic rings. The molecule has 1 N–H and O–H groups in total. The van der Waals surface area contributed by atoms with Gasteiger partial charge in [0.2, 0.25) is 0 Å². The summed E-state index contributed by atoms with van der Waals surface area (Å²) in [6.45, 7) is 6.82. The maximum Gasteiger partial charge on any atom is 0.0712 e. The number of hydrogen-bond donors (Lipinski definition) is 1. The SMILES string of the molecule is C1CCN(CCO[C@@H]2CCNC2)CC1. The third-order valence-electron chi connectivity index (χ3n) is 3.22. The lowest BCUT2D eigenvalue weighted by molar-refractivity contribution is 0.0458. The van der Waals surface area contributed by atoms with E-state index in [-0.39, 0.29) is 0 Å². The van der Waals surface area contributed by atoms with E-state index in [0.29, 0.717) is 6.10 Å². The Morgan fingerprint density at radius 3 is 2.79 bits per heavy atom. The molecule has 0 saturated carbocycles. The smallest absolute Gasteiger partial charge is 0.0712 e. The van der Waals surface area contributed by atoms with Gasteiger partial charge in [0.1, 0.15) is 0 Å². The molecule has 2 aliphatic heterocycles. The highest BCUT2D eigenvalue weighted by Crippen LogP contribution is 2.08. The number of hydrogen-bond acceptors (Lipinski definition) is 3. The van der Waals surface area contributed by atoms with Gasteiger partial charge < -0.3 is 15.0 Å². The van der Waals surface area contributed by atoms with Gasteiger partial charge in [0.25, 0.3) is 0 Å². The lowest BCUT2D eigenvalue weighted by Gasteiger charge is -2.26. The molecule has 0 bridgehead atoms. The average molecular weight is 198 g/mol. The summed E-state index contributed by atoms with van der Waals surface area (Å²) in [5.41, 5.74) is 0. The van der Waals surface area contributed by atoms with Crippen LogP contribution in [-0.2, 0) is 4.74 Å². The van der Waals surface area contributed by atoms with Gasteiger partial charge in [-0.15, -0.1) is 0 Å². The molecule has 0 aromatic carbocycles. The molecule has 0 unspecified atom stereocenters. The van der Waals surface area contributed by atoms with Gasteiger partial charge in [-0.05, 0) is 38.9 Å². The topological polar surface area (TPSA) is 24.5 Å². The van der Waals surface area contributed by atoms with Crippen molar-refractivity contribution in [2.75, 3.05) is 39.3 Å². The second-order valence-corrected chi connectivity index (χ2v) is 4.39. The molecule has 2 fully saturated rings. The minimum absolute atomic E-state index is 0.486. The number of piperidine rings is 1. The van der Waals surface area contributed by atoms with Gasteiger partial charge in [-0.3, -0.25) is 0 Å². The average Bonchev–Trinajstić information content (AvgIpc) is 2.72. The summed E-state index contributed by atoms with van der Waals surface area (Å²) in [7, 11) is 0.